The number of anilines is 1. The number of nitriles is 1. The Labute approximate surface area is 268 Å². The molecule has 240 valence electrons. The van der Waals surface area contributed by atoms with Crippen molar-refractivity contribution in [2.24, 2.45) is 5.92 Å². The van der Waals surface area contributed by atoms with Crippen LogP contribution in [0.1, 0.15) is 44.1 Å². The maximum Gasteiger partial charge on any atom is 0.319 e. The Morgan fingerprint density at radius 3 is 2.81 bits per heavy atom. The fourth-order valence-electron chi connectivity index (χ4n) is 8.07. The fraction of sp³-hybridized carbons (Fsp3) is 0.429. The molecule has 1 N–H and O–H groups in total. The van der Waals surface area contributed by atoms with Gasteiger partial charge in [0.15, 0.2) is 5.82 Å². The molecule has 9 nitrogen and oxygen atoms in total. The molecule has 0 unspecified atom stereocenters. The lowest BCUT2D eigenvalue weighted by Gasteiger charge is -2.33. The number of aromatic nitrogens is 3. The Kier molecular flexibility index (Phi) is 7.03. The summed E-state index contributed by atoms with van der Waals surface area (Å²) in [7, 11) is 0. The van der Waals surface area contributed by atoms with Crippen molar-refractivity contribution in [2.75, 3.05) is 37.7 Å². The first kappa shape index (κ1) is 29.6. The van der Waals surface area contributed by atoms with E-state index in [9.17, 15) is 19.1 Å². The molecule has 4 aliphatic heterocycles. The van der Waals surface area contributed by atoms with Gasteiger partial charge in [-0.2, -0.15) is 15.2 Å². The van der Waals surface area contributed by atoms with E-state index in [0.717, 1.165) is 25.7 Å². The van der Waals surface area contributed by atoms with Crippen molar-refractivity contribution in [3.8, 4) is 47.3 Å². The lowest BCUT2D eigenvalue weighted by molar-refractivity contribution is 0.0892. The van der Waals surface area contributed by atoms with E-state index in [2.05, 4.69) is 26.9 Å². The molecular formula is C35H31F3N6O3. The average Bonchev–Trinajstić information content (AvgIpc) is 3.37. The Hall–Kier alpha value is -4.81. The van der Waals surface area contributed by atoms with Crippen molar-refractivity contribution in [1.82, 2.24) is 19.9 Å². The number of fused-ring (bicyclic) bond motifs is 4. The molecule has 0 aliphatic carbocycles. The Morgan fingerprint density at radius 2 is 1.98 bits per heavy atom. The van der Waals surface area contributed by atoms with E-state index in [1.807, 2.05) is 4.90 Å². The van der Waals surface area contributed by atoms with Crippen LogP contribution in [-0.4, -0.2) is 75.6 Å². The average molecular weight is 641 g/mol. The number of aromatic hydroxyl groups is 1. The van der Waals surface area contributed by atoms with Crippen LogP contribution in [0.3, 0.4) is 0 Å². The molecule has 0 radical (unpaired) electrons. The Morgan fingerprint density at radius 1 is 1.11 bits per heavy atom. The number of rotatable bonds is 4. The summed E-state index contributed by atoms with van der Waals surface area (Å²) in [6, 6.07) is 7.52. The number of halogens is 3. The molecule has 6 heterocycles. The van der Waals surface area contributed by atoms with Crippen molar-refractivity contribution >= 4 is 27.5 Å². The number of phenolic OH excluding ortho intramolecular Hbond substituents is 1. The molecule has 47 heavy (non-hydrogen) atoms. The number of terminal acetylenes is 1. The van der Waals surface area contributed by atoms with E-state index < -0.39 is 29.3 Å². The zero-order valence-corrected chi connectivity index (χ0v) is 25.5. The second-order valence-electron chi connectivity index (χ2n) is 12.9. The number of pyridine rings is 1. The van der Waals surface area contributed by atoms with Gasteiger partial charge in [0.25, 0.3) is 0 Å². The minimum absolute atomic E-state index is 0.0368. The minimum atomic E-state index is -1.09. The molecule has 4 aromatic rings. The van der Waals surface area contributed by atoms with E-state index in [4.69, 9.17) is 20.9 Å². The van der Waals surface area contributed by atoms with Crippen LogP contribution < -0.4 is 14.4 Å². The highest BCUT2D eigenvalue weighted by Gasteiger charge is 2.56. The van der Waals surface area contributed by atoms with E-state index in [1.54, 1.807) is 0 Å². The highest BCUT2D eigenvalue weighted by molar-refractivity contribution is 6.04. The molecule has 8 rings (SSSR count). The van der Waals surface area contributed by atoms with Gasteiger partial charge in [0.2, 0.25) is 5.88 Å². The predicted octanol–water partition coefficient (Wildman–Crippen LogP) is 5.66. The van der Waals surface area contributed by atoms with E-state index in [-0.39, 0.29) is 83.0 Å². The SMILES string of the molecule is C#Cc1c(F)ccc2cc(O)cc(-c3nc4c5c(nc(OC[C@]67C[C@@H](F)CN6CC[C@H]7C#N)nc5c3F)N3CCCCC[C@H]3CO4)c12. The lowest BCUT2D eigenvalue weighted by atomic mass is 9.84. The molecule has 12 heteroatoms. The highest BCUT2D eigenvalue weighted by atomic mass is 19.1. The second kappa shape index (κ2) is 11.2. The standard InChI is InChI=1S/C35H31F3N6O3/c1-2-24-26(37)8-7-19-12-23(45)13-25(27(19)24)30-29(38)31-28-32(44-10-5-3-4-6-22(44)17-46-33(28)40-30)42-34(41-31)47-18-35-14-21(36)16-43(35)11-9-20(35)15-39/h1,7-8,12-13,20-22,45H,3-6,9-11,14,16-18H2/t20-,21+,22-,35-/m0/s1. The summed E-state index contributed by atoms with van der Waals surface area (Å²) in [5.74, 6) is 0.735. The van der Waals surface area contributed by atoms with Crippen LogP contribution in [0.2, 0.25) is 0 Å². The monoisotopic (exact) mass is 640 g/mol. The maximum absolute atomic E-state index is 17.0. The van der Waals surface area contributed by atoms with Gasteiger partial charge in [-0.3, -0.25) is 4.90 Å². The second-order valence-corrected chi connectivity index (χ2v) is 12.9. The largest absolute Gasteiger partial charge is 0.508 e. The van der Waals surface area contributed by atoms with Crippen molar-refractivity contribution in [3.05, 3.63) is 41.5 Å². The predicted molar refractivity (Wildman–Crippen MR) is 168 cm³/mol. The molecular weight excluding hydrogens is 609 g/mol. The van der Waals surface area contributed by atoms with Crippen LogP contribution in [0.4, 0.5) is 19.0 Å². The summed E-state index contributed by atoms with van der Waals surface area (Å²) >= 11 is 0. The van der Waals surface area contributed by atoms with E-state index in [1.165, 1.54) is 24.3 Å². The number of hydrogen-bond acceptors (Lipinski definition) is 9. The van der Waals surface area contributed by atoms with Gasteiger partial charge < -0.3 is 19.5 Å². The number of hydrogen-bond donors (Lipinski definition) is 1. The van der Waals surface area contributed by atoms with Gasteiger partial charge in [-0.25, -0.2) is 18.2 Å². The van der Waals surface area contributed by atoms with Gasteiger partial charge in [-0.15, -0.1) is 6.42 Å². The third-order valence-electron chi connectivity index (χ3n) is 10.3. The molecule has 0 saturated carbocycles. The van der Waals surface area contributed by atoms with Crippen LogP contribution in [0.25, 0.3) is 32.9 Å². The Balaban J connectivity index is 1.33. The number of benzene rings is 2. The molecule has 0 spiro atoms. The molecule has 0 amide bonds. The normalized spacial score (nSPS) is 25.4. The number of phenols is 1. The summed E-state index contributed by atoms with van der Waals surface area (Å²) in [4.78, 5) is 18.0. The van der Waals surface area contributed by atoms with Crippen molar-refractivity contribution < 1.29 is 27.8 Å². The number of alkyl halides is 1. The summed E-state index contributed by atoms with van der Waals surface area (Å²) in [5.41, 5.74) is -1.22. The molecule has 4 atom stereocenters. The number of ether oxygens (including phenoxy) is 2. The van der Waals surface area contributed by atoms with Gasteiger partial charge >= 0.3 is 6.01 Å². The molecule has 2 aromatic heterocycles. The zero-order chi connectivity index (χ0) is 32.4. The molecule has 0 bridgehead atoms. The number of nitrogens with zero attached hydrogens (tertiary/aromatic N) is 6. The first-order valence-corrected chi connectivity index (χ1v) is 16.0. The topological polar surface area (TPSA) is 108 Å². The Bertz CT molecular complexity index is 2030. The van der Waals surface area contributed by atoms with E-state index >= 15 is 4.39 Å². The quantitative estimate of drug-likeness (QED) is 0.283. The van der Waals surface area contributed by atoms with Crippen LogP contribution in [0.15, 0.2) is 24.3 Å². The molecule has 2 aromatic carbocycles. The lowest BCUT2D eigenvalue weighted by Crippen LogP contribution is -2.48. The van der Waals surface area contributed by atoms with Crippen molar-refractivity contribution in [2.45, 2.75) is 56.3 Å². The van der Waals surface area contributed by atoms with Crippen LogP contribution in [0, 0.1) is 41.2 Å². The summed E-state index contributed by atoms with van der Waals surface area (Å²) in [5, 5.41) is 21.4. The first-order chi connectivity index (χ1) is 22.8. The summed E-state index contributed by atoms with van der Waals surface area (Å²) in [6.07, 6.45) is 9.11. The van der Waals surface area contributed by atoms with Gasteiger partial charge in [0.1, 0.15) is 53.4 Å². The first-order valence-electron chi connectivity index (χ1n) is 16.0. The third-order valence-corrected chi connectivity index (χ3v) is 10.3. The highest BCUT2D eigenvalue weighted by Crippen LogP contribution is 2.46. The molecule has 3 saturated heterocycles. The van der Waals surface area contributed by atoms with Gasteiger partial charge in [-0.1, -0.05) is 24.8 Å². The smallest absolute Gasteiger partial charge is 0.319 e. The van der Waals surface area contributed by atoms with Crippen LogP contribution >= 0.6 is 0 Å². The van der Waals surface area contributed by atoms with Crippen molar-refractivity contribution in [3.63, 3.8) is 0 Å². The molecule has 3 fully saturated rings. The van der Waals surface area contributed by atoms with Gasteiger partial charge in [0, 0.05) is 37.0 Å². The van der Waals surface area contributed by atoms with Crippen molar-refractivity contribution in [1.29, 1.82) is 5.26 Å². The van der Waals surface area contributed by atoms with Gasteiger partial charge in [-0.05, 0) is 42.8 Å². The van der Waals surface area contributed by atoms with E-state index in [0.29, 0.717) is 30.7 Å². The zero-order valence-electron chi connectivity index (χ0n) is 25.5. The summed E-state index contributed by atoms with van der Waals surface area (Å²) < 4.78 is 59.1. The third kappa shape index (κ3) is 4.61. The maximum atomic E-state index is 17.0. The summed E-state index contributed by atoms with van der Waals surface area (Å²) in [6.45, 7) is 1.70. The van der Waals surface area contributed by atoms with Gasteiger partial charge in [0.05, 0.1) is 29.1 Å². The molecule has 4 aliphatic rings. The fourth-order valence-corrected chi connectivity index (χ4v) is 8.07. The van der Waals surface area contributed by atoms with Crippen LogP contribution in [-0.2, 0) is 0 Å². The van der Waals surface area contributed by atoms with Crippen LogP contribution in [0.5, 0.6) is 17.6 Å². The minimum Gasteiger partial charge on any atom is -0.508 e.